The molecule has 1 amide bonds. The van der Waals surface area contributed by atoms with Crippen molar-refractivity contribution >= 4 is 33.2 Å². The minimum atomic E-state index is -1.39. The zero-order valence-electron chi connectivity index (χ0n) is 44.8. The van der Waals surface area contributed by atoms with Crippen molar-refractivity contribution < 1.29 is 34.1 Å². The third kappa shape index (κ3) is 12.9. The van der Waals surface area contributed by atoms with Crippen molar-refractivity contribution in [2.24, 2.45) is 22.9 Å². The molecule has 9 heteroatoms. The molecule has 1 heterocycles. The maximum Gasteiger partial charge on any atom is 0.239 e. The number of aliphatic hydroxyl groups excluding tert-OH is 2. The molecule has 9 nitrogen and oxygen atoms in total. The van der Waals surface area contributed by atoms with E-state index in [-0.39, 0.29) is 50.1 Å². The predicted octanol–water partition coefficient (Wildman–Crippen LogP) is 15.6. The summed E-state index contributed by atoms with van der Waals surface area (Å²) in [6.45, 7) is 7.48. The number of rotatable bonds is 29. The Bertz CT molecular complexity index is 2890. The van der Waals surface area contributed by atoms with Gasteiger partial charge in [0.05, 0.1) is 18.2 Å². The number of benzene rings is 6. The molecule has 0 aromatic heterocycles. The summed E-state index contributed by atoms with van der Waals surface area (Å²) in [4.78, 5) is 24.2. The highest BCUT2D eigenvalue weighted by atomic mass is 16.7. The Balaban J connectivity index is 1.19. The molecule has 0 bridgehead atoms. The summed E-state index contributed by atoms with van der Waals surface area (Å²) in [7, 11) is 0. The van der Waals surface area contributed by atoms with Crippen LogP contribution in [-0.2, 0) is 27.5 Å². The maximum atomic E-state index is 15.7. The number of hydrogen-bond acceptors (Lipinski definition) is 8. The zero-order valence-corrected chi connectivity index (χ0v) is 44.8. The molecular weight excluding hydrogens is 945 g/mol. The van der Waals surface area contributed by atoms with Crippen molar-refractivity contribution in [2.45, 2.75) is 147 Å². The molecule has 1 fully saturated rings. The van der Waals surface area contributed by atoms with E-state index in [1.165, 1.54) is 38.5 Å². The molecule has 6 atom stereocenters. The number of unbranched alkanes of at least 4 members (excludes halogenated alkanes) is 10. The highest BCUT2D eigenvalue weighted by molar-refractivity contribution is 6.03. The largest absolute Gasteiger partial charge is 0.459 e. The minimum Gasteiger partial charge on any atom is -0.459 e. The average Bonchev–Trinajstić information content (AvgIpc) is 3.62. The summed E-state index contributed by atoms with van der Waals surface area (Å²) in [6.07, 6.45) is 20.0. The van der Waals surface area contributed by atoms with E-state index in [0.717, 1.165) is 100 Å². The van der Waals surface area contributed by atoms with Crippen LogP contribution in [0.15, 0.2) is 163 Å². The first-order valence-electron chi connectivity index (χ1n) is 28.6. The van der Waals surface area contributed by atoms with Crippen molar-refractivity contribution in [1.29, 1.82) is 0 Å². The summed E-state index contributed by atoms with van der Waals surface area (Å²) in [5.74, 6) is 0.313. The van der Waals surface area contributed by atoms with Gasteiger partial charge in [-0.3, -0.25) is 4.79 Å². The van der Waals surface area contributed by atoms with Crippen LogP contribution in [0, 0.1) is 17.8 Å². The monoisotopic (exact) mass is 1020 g/mol. The van der Waals surface area contributed by atoms with Gasteiger partial charge in [0.15, 0.2) is 0 Å². The summed E-state index contributed by atoms with van der Waals surface area (Å²) in [5.41, 5.74) is 4.86. The van der Waals surface area contributed by atoms with Gasteiger partial charge in [0.25, 0.3) is 0 Å². The highest BCUT2D eigenvalue weighted by Crippen LogP contribution is 2.62. The van der Waals surface area contributed by atoms with Crippen LogP contribution in [0.5, 0.6) is 17.2 Å². The SMILES string of the molecule is C=CCO[C@@]12Oc3ccc(Oc4ccc5ccccc5c4)cc3[C@H]3[C@H](CCCCO)[C@@H](CCCCO)C=C(C(=NOCc4ccccc4)C[C@@H]1N(Cc1cccc4ccccc14)C(=O)CCCCCCCCCCC)[C@H]32. The number of oxime groups is 1. The molecule has 3 aliphatic rings. The van der Waals surface area contributed by atoms with Crippen LogP contribution in [-0.4, -0.2) is 58.4 Å². The van der Waals surface area contributed by atoms with Crippen LogP contribution >= 0.6 is 0 Å². The molecule has 0 radical (unpaired) electrons. The van der Waals surface area contributed by atoms with Crippen LogP contribution < -0.4 is 9.47 Å². The van der Waals surface area contributed by atoms with Gasteiger partial charge in [-0.25, -0.2) is 0 Å². The molecule has 2 aliphatic carbocycles. The Kier molecular flexibility index (Phi) is 19.5. The third-order valence-corrected chi connectivity index (χ3v) is 16.3. The number of nitrogens with zero attached hydrogens (tertiary/aromatic N) is 2. The van der Waals surface area contributed by atoms with E-state index in [1.807, 2.05) is 60.7 Å². The normalized spacial score (nSPS) is 21.1. The number of aliphatic hydroxyl groups is 2. The smallest absolute Gasteiger partial charge is 0.239 e. The van der Waals surface area contributed by atoms with Gasteiger partial charge >= 0.3 is 0 Å². The number of carbonyl (C=O) groups is 1. The molecule has 0 unspecified atom stereocenters. The molecule has 1 aliphatic heterocycles. The topological polar surface area (TPSA) is 110 Å². The van der Waals surface area contributed by atoms with Gasteiger partial charge in [-0.2, -0.15) is 0 Å². The molecule has 0 saturated heterocycles. The Morgan fingerprint density at radius 2 is 1.42 bits per heavy atom. The van der Waals surface area contributed by atoms with Crippen LogP contribution in [0.4, 0.5) is 0 Å². The van der Waals surface area contributed by atoms with E-state index >= 15 is 4.79 Å². The van der Waals surface area contributed by atoms with Gasteiger partial charge in [-0.05, 0) is 113 Å². The summed E-state index contributed by atoms with van der Waals surface area (Å²) in [5, 5.41) is 29.9. The maximum absolute atomic E-state index is 15.7. The van der Waals surface area contributed by atoms with E-state index in [2.05, 4.69) is 97.3 Å². The van der Waals surface area contributed by atoms with Crippen LogP contribution in [0.2, 0.25) is 0 Å². The van der Waals surface area contributed by atoms with Gasteiger partial charge in [-0.1, -0.05) is 192 Å². The van der Waals surface area contributed by atoms with Crippen molar-refractivity contribution in [2.75, 3.05) is 19.8 Å². The molecule has 6 aromatic carbocycles. The summed E-state index contributed by atoms with van der Waals surface area (Å²) in [6, 6.07) is 44.9. The van der Waals surface area contributed by atoms with E-state index in [0.29, 0.717) is 43.7 Å². The fourth-order valence-electron chi connectivity index (χ4n) is 12.6. The van der Waals surface area contributed by atoms with Gasteiger partial charge < -0.3 is 34.2 Å². The standard InChI is InChI=1S/C67H80N2O7/c1-3-5-6-7-8-9-10-11-15-35-64(72)69(47-54-32-24-31-51-28-18-19-33-57(51)54)63-46-61(68-74-48-49-25-13-12-14-26-49)59-44-53(30-20-22-40-70)58(34-21-23-41-71)65-60-45-56(75-55-37-36-50-27-16-17-29-52(50)43-55)38-39-62(60)76-67(63,66(59)65)73-42-4-2/h4,12-14,16-19,24-29,31-33,36-39,43-45,53,58,63,65-66,70-71H,2-3,5-11,15,20-23,30,34-35,40-42,46-48H2,1H3/t53-,58+,63-,65+,66+,67+/m0/s1. The first kappa shape index (κ1) is 54.5. The summed E-state index contributed by atoms with van der Waals surface area (Å²) >= 11 is 0. The number of carbonyl (C=O) groups excluding carboxylic acids is 1. The number of allylic oxidation sites excluding steroid dienone is 1. The third-order valence-electron chi connectivity index (χ3n) is 16.3. The van der Waals surface area contributed by atoms with E-state index < -0.39 is 17.7 Å². The lowest BCUT2D eigenvalue weighted by Gasteiger charge is -2.60. The fourth-order valence-corrected chi connectivity index (χ4v) is 12.6. The van der Waals surface area contributed by atoms with Crippen molar-refractivity contribution in [3.05, 3.63) is 174 Å². The Hall–Kier alpha value is -6.26. The second-order valence-electron chi connectivity index (χ2n) is 21.4. The quantitative estimate of drug-likeness (QED) is 0.0274. The zero-order chi connectivity index (χ0) is 52.5. The summed E-state index contributed by atoms with van der Waals surface area (Å²) < 4.78 is 21.9. The van der Waals surface area contributed by atoms with Crippen LogP contribution in [0.3, 0.4) is 0 Å². The first-order chi connectivity index (χ1) is 37.4. The predicted molar refractivity (Wildman–Crippen MR) is 307 cm³/mol. The molecule has 1 saturated carbocycles. The lowest BCUT2D eigenvalue weighted by molar-refractivity contribution is -0.258. The Morgan fingerprint density at radius 1 is 0.737 bits per heavy atom. The number of ether oxygens (including phenoxy) is 3. The minimum absolute atomic E-state index is 0.0571. The number of amides is 1. The second kappa shape index (κ2) is 27.2. The number of hydrogen-bond donors (Lipinski definition) is 2. The Labute approximate surface area is 451 Å². The van der Waals surface area contributed by atoms with Crippen LogP contribution in [0.1, 0.15) is 139 Å². The molecule has 0 spiro atoms. The molecule has 9 rings (SSSR count). The van der Waals surface area contributed by atoms with Crippen LogP contribution in [0.25, 0.3) is 21.5 Å². The van der Waals surface area contributed by atoms with Gasteiger partial charge in [0.2, 0.25) is 11.7 Å². The fraction of sp³-hybridized carbons (Fsp3) is 0.433. The average molecular weight is 1030 g/mol. The molecule has 2 N–H and O–H groups in total. The van der Waals surface area contributed by atoms with Crippen molar-refractivity contribution in [1.82, 2.24) is 4.90 Å². The Morgan fingerprint density at radius 3 is 2.20 bits per heavy atom. The van der Waals surface area contributed by atoms with Crippen molar-refractivity contribution in [3.8, 4) is 17.2 Å². The lowest BCUT2D eigenvalue weighted by Crippen LogP contribution is -2.70. The van der Waals surface area contributed by atoms with Crippen molar-refractivity contribution in [3.63, 3.8) is 0 Å². The number of fused-ring (bicyclic) bond motifs is 4. The van der Waals surface area contributed by atoms with E-state index in [4.69, 9.17) is 24.2 Å². The first-order valence-corrected chi connectivity index (χ1v) is 28.6. The lowest BCUT2D eigenvalue weighted by atomic mass is 9.55. The molecular formula is C67H80N2O7. The molecule has 400 valence electrons. The molecule has 6 aromatic rings. The molecule has 76 heavy (non-hydrogen) atoms. The second-order valence-corrected chi connectivity index (χ2v) is 21.4. The van der Waals surface area contributed by atoms with Gasteiger partial charge in [0, 0.05) is 44.1 Å². The van der Waals surface area contributed by atoms with E-state index in [9.17, 15) is 10.2 Å². The van der Waals surface area contributed by atoms with Gasteiger partial charge in [0.1, 0.15) is 29.9 Å². The van der Waals surface area contributed by atoms with Gasteiger partial charge in [-0.15, -0.1) is 6.58 Å². The highest BCUT2D eigenvalue weighted by Gasteiger charge is 2.65. The van der Waals surface area contributed by atoms with E-state index in [1.54, 1.807) is 6.08 Å².